The van der Waals surface area contributed by atoms with E-state index in [1.807, 2.05) is 20.8 Å². The highest BCUT2D eigenvalue weighted by molar-refractivity contribution is 5.54. The molecule has 1 aromatic carbocycles. The Morgan fingerprint density at radius 1 is 1.28 bits per heavy atom. The van der Waals surface area contributed by atoms with Crippen molar-refractivity contribution in [3.05, 3.63) is 41.6 Å². The summed E-state index contributed by atoms with van der Waals surface area (Å²) in [6.07, 6.45) is 3.41. The van der Waals surface area contributed by atoms with Gasteiger partial charge in [0.15, 0.2) is 0 Å². The first-order valence-electron chi connectivity index (χ1n) is 10.7. The molecule has 1 aromatic heterocycles. The number of hydrogen-bond donors (Lipinski definition) is 3. The van der Waals surface area contributed by atoms with Crippen LogP contribution in [0.15, 0.2) is 30.5 Å². The van der Waals surface area contributed by atoms with E-state index in [4.69, 9.17) is 0 Å². The van der Waals surface area contributed by atoms with Gasteiger partial charge in [-0.05, 0) is 48.3 Å². The number of aliphatic hydroxyl groups excluding tert-OH is 1. The molecule has 1 heterocycles. The summed E-state index contributed by atoms with van der Waals surface area (Å²) in [5, 5.41) is 26.2. The number of ether oxygens (including phenoxy) is 1. The molecule has 0 radical (unpaired) electrons. The third kappa shape index (κ3) is 6.04. The molecule has 1 unspecified atom stereocenters. The number of benzene rings is 1. The molecule has 1 fully saturated rings. The van der Waals surface area contributed by atoms with Crippen LogP contribution in [0, 0.1) is 16.7 Å². The Labute approximate surface area is 186 Å². The zero-order chi connectivity index (χ0) is 23.3. The highest BCUT2D eigenvalue weighted by atomic mass is 19.3. The summed E-state index contributed by atoms with van der Waals surface area (Å²) in [4.78, 5) is 8.72. The molecule has 0 aliphatic heterocycles. The van der Waals surface area contributed by atoms with Gasteiger partial charge in [0, 0.05) is 12.6 Å². The fourth-order valence-electron chi connectivity index (χ4n) is 3.94. The second kappa shape index (κ2) is 10.1. The third-order valence-electron chi connectivity index (χ3n) is 5.95. The standard InChI is InChI=1S/C23H29F2N5O2/c1-14(15-4-7-18(8-5-15)32-21(24)25)12-27-22-28-13-16(11-26)20(30-22)29-17-6-9-19(31)23(2,3)10-17/h4-5,7-8,13-14,17,19,21,31H,6,9-10,12H2,1-3H3,(H2,27,28,29,30)/t14?,17-,19+/m1/s1. The minimum atomic E-state index is -2.85. The summed E-state index contributed by atoms with van der Waals surface area (Å²) in [7, 11) is 0. The van der Waals surface area contributed by atoms with Gasteiger partial charge < -0.3 is 20.5 Å². The van der Waals surface area contributed by atoms with Crippen LogP contribution in [0.4, 0.5) is 20.5 Å². The zero-order valence-electron chi connectivity index (χ0n) is 18.5. The molecule has 1 saturated carbocycles. The SMILES string of the molecule is CC(CNc1ncc(C#N)c(N[C@@H]2CC[C@H](O)C(C)(C)C2)n1)c1ccc(OC(F)F)cc1. The minimum Gasteiger partial charge on any atom is -0.435 e. The van der Waals surface area contributed by atoms with Crippen molar-refractivity contribution < 1.29 is 18.6 Å². The predicted molar refractivity (Wildman–Crippen MR) is 118 cm³/mol. The lowest BCUT2D eigenvalue weighted by Gasteiger charge is -2.40. The molecule has 3 atom stereocenters. The minimum absolute atomic E-state index is 0.0619. The maximum atomic E-state index is 12.3. The molecule has 1 aliphatic rings. The Bertz CT molecular complexity index is 946. The van der Waals surface area contributed by atoms with E-state index < -0.39 is 6.61 Å². The summed E-state index contributed by atoms with van der Waals surface area (Å²) >= 11 is 0. The van der Waals surface area contributed by atoms with Crippen LogP contribution in [0.25, 0.3) is 0 Å². The maximum Gasteiger partial charge on any atom is 0.387 e. The lowest BCUT2D eigenvalue weighted by molar-refractivity contribution is -0.0498. The van der Waals surface area contributed by atoms with E-state index in [1.165, 1.54) is 18.3 Å². The van der Waals surface area contributed by atoms with E-state index in [1.54, 1.807) is 12.1 Å². The van der Waals surface area contributed by atoms with Crippen molar-refractivity contribution >= 4 is 11.8 Å². The van der Waals surface area contributed by atoms with Gasteiger partial charge in [0.1, 0.15) is 23.2 Å². The predicted octanol–water partition coefficient (Wildman–Crippen LogP) is 4.52. The lowest BCUT2D eigenvalue weighted by atomic mass is 9.73. The van der Waals surface area contributed by atoms with E-state index in [0.717, 1.165) is 18.4 Å². The van der Waals surface area contributed by atoms with Gasteiger partial charge in [-0.15, -0.1) is 0 Å². The first-order chi connectivity index (χ1) is 15.2. The fourth-order valence-corrected chi connectivity index (χ4v) is 3.94. The topological polar surface area (TPSA) is 103 Å². The second-order valence-corrected chi connectivity index (χ2v) is 8.92. The Balaban J connectivity index is 1.63. The molecular weight excluding hydrogens is 416 g/mol. The number of nitrogens with one attached hydrogen (secondary N) is 2. The van der Waals surface area contributed by atoms with Crippen molar-refractivity contribution in [3.63, 3.8) is 0 Å². The molecule has 9 heteroatoms. The Morgan fingerprint density at radius 2 is 2.00 bits per heavy atom. The molecule has 32 heavy (non-hydrogen) atoms. The van der Waals surface area contributed by atoms with Crippen molar-refractivity contribution in [2.24, 2.45) is 5.41 Å². The van der Waals surface area contributed by atoms with Crippen LogP contribution in [-0.2, 0) is 0 Å². The summed E-state index contributed by atoms with van der Waals surface area (Å²) in [5.41, 5.74) is 1.11. The molecule has 0 amide bonds. The quantitative estimate of drug-likeness (QED) is 0.549. The van der Waals surface area contributed by atoms with E-state index in [0.29, 0.717) is 30.3 Å². The second-order valence-electron chi connectivity index (χ2n) is 8.92. The average molecular weight is 446 g/mol. The average Bonchev–Trinajstić information content (AvgIpc) is 2.74. The van der Waals surface area contributed by atoms with Gasteiger partial charge in [-0.25, -0.2) is 4.98 Å². The molecular formula is C23H29F2N5O2. The van der Waals surface area contributed by atoms with Crippen LogP contribution >= 0.6 is 0 Å². The van der Waals surface area contributed by atoms with Crippen LogP contribution in [0.5, 0.6) is 5.75 Å². The molecule has 2 aromatic rings. The van der Waals surface area contributed by atoms with Crippen molar-refractivity contribution in [2.75, 3.05) is 17.2 Å². The van der Waals surface area contributed by atoms with Gasteiger partial charge >= 0.3 is 6.61 Å². The largest absolute Gasteiger partial charge is 0.435 e. The van der Waals surface area contributed by atoms with E-state index in [-0.39, 0.29) is 29.2 Å². The molecule has 0 saturated heterocycles. The number of aromatic nitrogens is 2. The smallest absolute Gasteiger partial charge is 0.387 e. The van der Waals surface area contributed by atoms with Crippen LogP contribution in [0.1, 0.15) is 57.1 Å². The van der Waals surface area contributed by atoms with Crippen LogP contribution < -0.4 is 15.4 Å². The van der Waals surface area contributed by atoms with Crippen molar-refractivity contribution in [1.82, 2.24) is 9.97 Å². The van der Waals surface area contributed by atoms with Crippen LogP contribution in [0.2, 0.25) is 0 Å². The molecule has 3 N–H and O–H groups in total. The molecule has 7 nitrogen and oxygen atoms in total. The Hall–Kier alpha value is -2.99. The first kappa shape index (κ1) is 23.7. The lowest BCUT2D eigenvalue weighted by Crippen LogP contribution is -2.41. The van der Waals surface area contributed by atoms with E-state index in [9.17, 15) is 19.1 Å². The molecule has 1 aliphatic carbocycles. The highest BCUT2D eigenvalue weighted by Crippen LogP contribution is 2.37. The zero-order valence-corrected chi connectivity index (χ0v) is 18.5. The van der Waals surface area contributed by atoms with Gasteiger partial charge in [0.05, 0.1) is 12.3 Å². The third-order valence-corrected chi connectivity index (χ3v) is 5.95. The Morgan fingerprint density at radius 3 is 2.62 bits per heavy atom. The van der Waals surface area contributed by atoms with Crippen LogP contribution in [-0.4, -0.2) is 40.4 Å². The summed E-state index contributed by atoms with van der Waals surface area (Å²) in [6, 6.07) is 8.75. The summed E-state index contributed by atoms with van der Waals surface area (Å²) < 4.78 is 29.0. The fraction of sp³-hybridized carbons (Fsp3) is 0.522. The van der Waals surface area contributed by atoms with Crippen LogP contribution in [0.3, 0.4) is 0 Å². The molecule has 0 bridgehead atoms. The van der Waals surface area contributed by atoms with Crippen molar-refractivity contribution in [3.8, 4) is 11.8 Å². The Kier molecular flexibility index (Phi) is 7.46. The van der Waals surface area contributed by atoms with E-state index in [2.05, 4.69) is 31.4 Å². The summed E-state index contributed by atoms with van der Waals surface area (Å²) in [5.74, 6) is 1.05. The monoisotopic (exact) mass is 445 g/mol. The van der Waals surface area contributed by atoms with Crippen molar-refractivity contribution in [2.45, 2.75) is 64.7 Å². The van der Waals surface area contributed by atoms with Crippen molar-refractivity contribution in [1.29, 1.82) is 5.26 Å². The normalized spacial score (nSPS) is 20.9. The highest BCUT2D eigenvalue weighted by Gasteiger charge is 2.35. The van der Waals surface area contributed by atoms with Gasteiger partial charge in [-0.1, -0.05) is 32.9 Å². The number of aliphatic hydroxyl groups is 1. The molecule has 172 valence electrons. The first-order valence-corrected chi connectivity index (χ1v) is 10.7. The van der Waals surface area contributed by atoms with Gasteiger partial charge in [0.25, 0.3) is 0 Å². The molecule has 3 rings (SSSR count). The maximum absolute atomic E-state index is 12.3. The van der Waals surface area contributed by atoms with Gasteiger partial charge in [-0.2, -0.15) is 19.0 Å². The number of hydrogen-bond acceptors (Lipinski definition) is 7. The molecule has 0 spiro atoms. The number of nitrogens with zero attached hydrogens (tertiary/aromatic N) is 3. The number of rotatable bonds is 8. The number of alkyl halides is 2. The number of anilines is 2. The van der Waals surface area contributed by atoms with Gasteiger partial charge in [-0.3, -0.25) is 0 Å². The number of halogens is 2. The van der Waals surface area contributed by atoms with Gasteiger partial charge in [0.2, 0.25) is 5.95 Å². The number of nitriles is 1. The summed E-state index contributed by atoms with van der Waals surface area (Å²) in [6.45, 7) is 3.74. The van der Waals surface area contributed by atoms with E-state index >= 15 is 0 Å².